The van der Waals surface area contributed by atoms with E-state index >= 15 is 0 Å². The maximum Gasteiger partial charge on any atom is 0.245 e. The number of sulfonamides is 1. The first-order chi connectivity index (χ1) is 9.48. The van der Waals surface area contributed by atoms with Gasteiger partial charge in [-0.1, -0.05) is 6.92 Å². The van der Waals surface area contributed by atoms with Crippen LogP contribution in [0.15, 0.2) is 29.3 Å². The minimum atomic E-state index is -3.46. The van der Waals surface area contributed by atoms with E-state index in [2.05, 4.69) is 11.9 Å². The van der Waals surface area contributed by atoms with E-state index in [1.165, 1.54) is 0 Å². The number of aromatic nitrogens is 1. The molecule has 1 unspecified atom stereocenters. The number of fused-ring (bicyclic) bond motifs is 1. The average Bonchev–Trinajstić information content (AvgIpc) is 2.82. The van der Waals surface area contributed by atoms with Crippen molar-refractivity contribution in [1.29, 1.82) is 0 Å². The maximum absolute atomic E-state index is 12.8. The summed E-state index contributed by atoms with van der Waals surface area (Å²) in [7, 11) is -3.46. The van der Waals surface area contributed by atoms with Gasteiger partial charge in [0.2, 0.25) is 10.0 Å². The highest BCUT2D eigenvalue weighted by Gasteiger charge is 2.30. The molecule has 1 aromatic heterocycles. The molecule has 108 valence electrons. The van der Waals surface area contributed by atoms with E-state index < -0.39 is 10.0 Å². The number of H-pyrrole nitrogens is 1. The molecule has 1 atom stereocenters. The summed E-state index contributed by atoms with van der Waals surface area (Å²) in [6.45, 7) is 3.17. The summed E-state index contributed by atoms with van der Waals surface area (Å²) in [5, 5.41) is 0.990. The van der Waals surface area contributed by atoms with Gasteiger partial charge in [0.15, 0.2) is 0 Å². The SMILES string of the molecule is CC1CN(S(=O)(=O)c2c[nH]c3ccc(N)cc23)CCS1. The molecule has 2 heterocycles. The number of hydrogen-bond acceptors (Lipinski definition) is 4. The lowest BCUT2D eigenvalue weighted by molar-refractivity contribution is 0.425. The van der Waals surface area contributed by atoms with Crippen LogP contribution in [-0.2, 0) is 10.0 Å². The van der Waals surface area contributed by atoms with Crippen LogP contribution >= 0.6 is 11.8 Å². The van der Waals surface area contributed by atoms with Crippen molar-refractivity contribution < 1.29 is 8.42 Å². The zero-order valence-electron chi connectivity index (χ0n) is 11.2. The molecule has 0 radical (unpaired) electrons. The van der Waals surface area contributed by atoms with Crippen LogP contribution < -0.4 is 5.73 Å². The van der Waals surface area contributed by atoms with Gasteiger partial charge in [-0.25, -0.2) is 8.42 Å². The Kier molecular flexibility index (Phi) is 3.43. The van der Waals surface area contributed by atoms with Crippen LogP contribution in [0.25, 0.3) is 10.9 Å². The lowest BCUT2D eigenvalue weighted by atomic mass is 10.2. The van der Waals surface area contributed by atoms with E-state index in [0.29, 0.717) is 34.3 Å². The molecule has 0 spiro atoms. The molecular weight excluding hydrogens is 294 g/mol. The van der Waals surface area contributed by atoms with E-state index in [0.717, 1.165) is 11.3 Å². The molecule has 0 bridgehead atoms. The summed E-state index contributed by atoms with van der Waals surface area (Å²) >= 11 is 1.81. The fourth-order valence-electron chi connectivity index (χ4n) is 2.47. The third-order valence-electron chi connectivity index (χ3n) is 3.49. The smallest absolute Gasteiger partial charge is 0.245 e. The summed E-state index contributed by atoms with van der Waals surface area (Å²) < 4.78 is 27.1. The predicted octanol–water partition coefficient (Wildman–Crippen LogP) is 1.88. The van der Waals surface area contributed by atoms with Gasteiger partial charge in [0.05, 0.1) is 0 Å². The van der Waals surface area contributed by atoms with Gasteiger partial charge in [-0.05, 0) is 18.2 Å². The molecule has 3 N–H and O–H groups in total. The highest BCUT2D eigenvalue weighted by atomic mass is 32.2. The molecule has 1 aliphatic heterocycles. The van der Waals surface area contributed by atoms with Crippen LogP contribution in [0.4, 0.5) is 5.69 Å². The van der Waals surface area contributed by atoms with E-state index in [4.69, 9.17) is 5.73 Å². The fourth-order valence-corrected chi connectivity index (χ4v) is 5.38. The molecule has 0 aliphatic carbocycles. The van der Waals surface area contributed by atoms with Crippen molar-refractivity contribution in [2.24, 2.45) is 0 Å². The fraction of sp³-hybridized carbons (Fsp3) is 0.385. The summed E-state index contributed by atoms with van der Waals surface area (Å²) in [5.74, 6) is 0.838. The van der Waals surface area contributed by atoms with Crippen molar-refractivity contribution in [3.8, 4) is 0 Å². The zero-order valence-corrected chi connectivity index (χ0v) is 12.8. The van der Waals surface area contributed by atoms with Crippen LogP contribution in [-0.4, -0.2) is 41.8 Å². The number of nitrogens with two attached hydrogens (primary N) is 1. The van der Waals surface area contributed by atoms with Crippen LogP contribution in [0, 0.1) is 0 Å². The second kappa shape index (κ2) is 4.98. The molecule has 1 fully saturated rings. The summed E-state index contributed by atoms with van der Waals surface area (Å²) in [4.78, 5) is 3.32. The van der Waals surface area contributed by atoms with Crippen LogP contribution in [0.2, 0.25) is 0 Å². The summed E-state index contributed by atoms with van der Waals surface area (Å²) in [5.41, 5.74) is 7.13. The molecule has 1 aromatic carbocycles. The highest BCUT2D eigenvalue weighted by Crippen LogP contribution is 2.29. The van der Waals surface area contributed by atoms with Gasteiger partial charge in [-0.15, -0.1) is 0 Å². The molecule has 1 aliphatic rings. The monoisotopic (exact) mass is 311 g/mol. The Balaban J connectivity index is 2.07. The Hall–Kier alpha value is -1.18. The molecule has 20 heavy (non-hydrogen) atoms. The third-order valence-corrected chi connectivity index (χ3v) is 6.53. The predicted molar refractivity (Wildman–Crippen MR) is 83.4 cm³/mol. The number of benzene rings is 1. The quantitative estimate of drug-likeness (QED) is 0.830. The van der Waals surface area contributed by atoms with Gasteiger partial charge >= 0.3 is 0 Å². The Morgan fingerprint density at radius 2 is 2.25 bits per heavy atom. The van der Waals surface area contributed by atoms with Gasteiger partial charge in [0.1, 0.15) is 4.90 Å². The number of nitrogens with zero attached hydrogens (tertiary/aromatic N) is 1. The van der Waals surface area contributed by atoms with Gasteiger partial charge < -0.3 is 10.7 Å². The third kappa shape index (κ3) is 2.30. The molecular formula is C13H17N3O2S2. The van der Waals surface area contributed by atoms with Crippen molar-refractivity contribution in [3.63, 3.8) is 0 Å². The lowest BCUT2D eigenvalue weighted by Crippen LogP contribution is -2.40. The number of hydrogen-bond donors (Lipinski definition) is 2. The first-order valence-corrected chi connectivity index (χ1v) is 8.96. The van der Waals surface area contributed by atoms with Crippen molar-refractivity contribution in [2.45, 2.75) is 17.1 Å². The van der Waals surface area contributed by atoms with Crippen molar-refractivity contribution in [3.05, 3.63) is 24.4 Å². The highest BCUT2D eigenvalue weighted by molar-refractivity contribution is 8.00. The number of thioether (sulfide) groups is 1. The van der Waals surface area contributed by atoms with Crippen molar-refractivity contribution in [1.82, 2.24) is 9.29 Å². The van der Waals surface area contributed by atoms with Gasteiger partial charge in [-0.2, -0.15) is 16.1 Å². The number of nitrogens with one attached hydrogen (secondary N) is 1. The first-order valence-electron chi connectivity index (χ1n) is 6.47. The molecule has 0 saturated carbocycles. The topological polar surface area (TPSA) is 79.2 Å². The van der Waals surface area contributed by atoms with Crippen LogP contribution in [0.3, 0.4) is 0 Å². The minimum absolute atomic E-state index is 0.318. The van der Waals surface area contributed by atoms with E-state index in [-0.39, 0.29) is 0 Å². The Morgan fingerprint density at radius 3 is 3.00 bits per heavy atom. The normalized spacial score (nSPS) is 21.4. The molecule has 7 heteroatoms. The number of aromatic amines is 1. The number of anilines is 1. The Morgan fingerprint density at radius 1 is 1.45 bits per heavy atom. The van der Waals surface area contributed by atoms with E-state index in [9.17, 15) is 8.42 Å². The van der Waals surface area contributed by atoms with Crippen molar-refractivity contribution >= 4 is 38.4 Å². The largest absolute Gasteiger partial charge is 0.399 e. The second-order valence-corrected chi connectivity index (χ2v) is 8.46. The molecule has 3 rings (SSSR count). The van der Waals surface area contributed by atoms with Gasteiger partial charge in [-0.3, -0.25) is 0 Å². The Labute approximate surface area is 122 Å². The second-order valence-electron chi connectivity index (χ2n) is 5.00. The minimum Gasteiger partial charge on any atom is -0.399 e. The molecule has 1 saturated heterocycles. The summed E-state index contributed by atoms with van der Waals surface area (Å²) in [6.07, 6.45) is 1.56. The van der Waals surface area contributed by atoms with E-state index in [1.54, 1.807) is 28.7 Å². The van der Waals surface area contributed by atoms with Crippen LogP contribution in [0.1, 0.15) is 6.92 Å². The van der Waals surface area contributed by atoms with E-state index in [1.807, 2.05) is 11.8 Å². The van der Waals surface area contributed by atoms with Crippen molar-refractivity contribution in [2.75, 3.05) is 24.6 Å². The summed E-state index contributed by atoms with van der Waals surface area (Å²) in [6, 6.07) is 5.27. The average molecular weight is 311 g/mol. The first kappa shape index (κ1) is 13.8. The maximum atomic E-state index is 12.8. The number of nitrogen functional groups attached to an aromatic ring is 1. The zero-order chi connectivity index (χ0) is 14.3. The molecule has 2 aromatic rings. The lowest BCUT2D eigenvalue weighted by Gasteiger charge is -2.29. The molecule has 5 nitrogen and oxygen atoms in total. The Bertz CT molecular complexity index is 739. The molecule has 0 amide bonds. The van der Waals surface area contributed by atoms with Crippen LogP contribution in [0.5, 0.6) is 0 Å². The standard InChI is InChI=1S/C13H17N3O2S2/c1-9-8-16(4-5-19-9)20(17,18)13-7-15-12-3-2-10(14)6-11(12)13/h2-3,6-7,9,15H,4-5,8,14H2,1H3. The van der Waals surface area contributed by atoms with Gasteiger partial charge in [0.25, 0.3) is 0 Å². The number of rotatable bonds is 2. The van der Waals surface area contributed by atoms with Gasteiger partial charge in [0, 0.05) is 46.9 Å².